The van der Waals surface area contributed by atoms with E-state index in [-0.39, 0.29) is 16.4 Å². The standard InChI is InChI=1S/C19H20N6O3S2/c1-19(2,3)16-21-13-12(15(27)24(5)18(28)23(13)4)14(22-16)30-9-10-8-11(26)25-6-7-29-17(25)20-10/h6-8H,9H2,1-5H3. The van der Waals surface area contributed by atoms with Crippen LogP contribution in [-0.4, -0.2) is 28.5 Å². The molecule has 0 spiro atoms. The van der Waals surface area contributed by atoms with Gasteiger partial charge in [0.25, 0.3) is 11.1 Å². The van der Waals surface area contributed by atoms with E-state index in [9.17, 15) is 14.4 Å². The number of thiazole rings is 1. The molecule has 0 radical (unpaired) electrons. The van der Waals surface area contributed by atoms with E-state index in [1.165, 1.54) is 45.2 Å². The molecule has 0 saturated carbocycles. The Morgan fingerprint density at radius 1 is 1.07 bits per heavy atom. The predicted molar refractivity (Wildman–Crippen MR) is 118 cm³/mol. The van der Waals surface area contributed by atoms with Crippen LogP contribution >= 0.6 is 23.1 Å². The second-order valence-electron chi connectivity index (χ2n) is 7.94. The van der Waals surface area contributed by atoms with Crippen molar-refractivity contribution < 1.29 is 0 Å². The smallest absolute Gasteiger partial charge is 0.280 e. The molecule has 4 rings (SSSR count). The Kier molecular flexibility index (Phi) is 4.89. The van der Waals surface area contributed by atoms with Crippen LogP contribution in [0.1, 0.15) is 32.3 Å². The van der Waals surface area contributed by atoms with Gasteiger partial charge in [-0.1, -0.05) is 32.5 Å². The first-order valence-electron chi connectivity index (χ1n) is 9.15. The molecule has 0 aliphatic heterocycles. The first kappa shape index (κ1) is 20.5. The van der Waals surface area contributed by atoms with E-state index in [1.54, 1.807) is 18.6 Å². The zero-order valence-electron chi connectivity index (χ0n) is 17.2. The summed E-state index contributed by atoms with van der Waals surface area (Å²) in [6.07, 6.45) is 1.68. The third kappa shape index (κ3) is 3.37. The molecular weight excluding hydrogens is 424 g/mol. The van der Waals surface area contributed by atoms with Crippen LogP contribution in [0.3, 0.4) is 0 Å². The van der Waals surface area contributed by atoms with Crippen LogP contribution in [0.25, 0.3) is 16.0 Å². The van der Waals surface area contributed by atoms with Gasteiger partial charge in [0.15, 0.2) is 10.6 Å². The molecule has 0 unspecified atom stereocenters. The van der Waals surface area contributed by atoms with Crippen LogP contribution in [0.5, 0.6) is 0 Å². The molecule has 0 fully saturated rings. The van der Waals surface area contributed by atoms with Gasteiger partial charge in [-0.05, 0) is 0 Å². The molecule has 4 aromatic rings. The van der Waals surface area contributed by atoms with Crippen molar-refractivity contribution in [3.8, 4) is 0 Å². The van der Waals surface area contributed by atoms with Crippen LogP contribution in [0.4, 0.5) is 0 Å². The van der Waals surface area contributed by atoms with Gasteiger partial charge < -0.3 is 0 Å². The van der Waals surface area contributed by atoms with Gasteiger partial charge in [-0.25, -0.2) is 19.7 Å². The van der Waals surface area contributed by atoms with Crippen LogP contribution in [0, 0.1) is 0 Å². The minimum Gasteiger partial charge on any atom is -0.280 e. The highest BCUT2D eigenvalue weighted by molar-refractivity contribution is 7.98. The van der Waals surface area contributed by atoms with E-state index >= 15 is 0 Å². The molecule has 156 valence electrons. The highest BCUT2D eigenvalue weighted by Crippen LogP contribution is 2.28. The van der Waals surface area contributed by atoms with Crippen molar-refractivity contribution in [1.82, 2.24) is 28.5 Å². The maximum atomic E-state index is 12.9. The fourth-order valence-corrected chi connectivity index (χ4v) is 4.62. The minimum absolute atomic E-state index is 0.155. The van der Waals surface area contributed by atoms with Crippen molar-refractivity contribution in [3.63, 3.8) is 0 Å². The molecular formula is C19H20N6O3S2. The highest BCUT2D eigenvalue weighted by Gasteiger charge is 2.23. The average molecular weight is 445 g/mol. The Balaban J connectivity index is 1.88. The molecule has 0 aliphatic carbocycles. The second kappa shape index (κ2) is 7.17. The normalized spacial score (nSPS) is 12.2. The van der Waals surface area contributed by atoms with E-state index in [0.29, 0.717) is 32.9 Å². The molecule has 4 heterocycles. The Morgan fingerprint density at radius 3 is 2.50 bits per heavy atom. The third-order valence-electron chi connectivity index (χ3n) is 4.65. The molecule has 0 N–H and O–H groups in total. The number of hydrogen-bond donors (Lipinski definition) is 0. The van der Waals surface area contributed by atoms with Crippen LogP contribution in [-0.2, 0) is 25.3 Å². The fraction of sp³-hybridized carbons (Fsp3) is 0.368. The summed E-state index contributed by atoms with van der Waals surface area (Å²) in [4.78, 5) is 51.8. The molecule has 11 heteroatoms. The molecule has 0 aliphatic rings. The SMILES string of the molecule is Cn1c(=O)c2c(SCc3cc(=O)n4ccsc4n3)nc(C(C)(C)C)nc2n(C)c1=O. The first-order chi connectivity index (χ1) is 14.1. The van der Waals surface area contributed by atoms with Crippen molar-refractivity contribution in [3.05, 3.63) is 60.4 Å². The number of nitrogens with zero attached hydrogens (tertiary/aromatic N) is 6. The molecule has 4 aromatic heterocycles. The summed E-state index contributed by atoms with van der Waals surface area (Å²) >= 11 is 2.68. The Bertz CT molecular complexity index is 1470. The van der Waals surface area contributed by atoms with Gasteiger partial charge in [-0.2, -0.15) is 0 Å². The molecule has 0 aromatic carbocycles. The minimum atomic E-state index is -0.446. The Morgan fingerprint density at radius 2 is 1.80 bits per heavy atom. The number of hydrogen-bond acceptors (Lipinski definition) is 8. The van der Waals surface area contributed by atoms with Gasteiger partial charge in [0.1, 0.15) is 16.2 Å². The zero-order chi connectivity index (χ0) is 21.8. The van der Waals surface area contributed by atoms with Gasteiger partial charge in [0.2, 0.25) is 0 Å². The topological polar surface area (TPSA) is 104 Å². The average Bonchev–Trinajstić information content (AvgIpc) is 3.17. The number of aryl methyl sites for hydroxylation is 1. The van der Waals surface area contributed by atoms with Gasteiger partial charge in [0.05, 0.1) is 5.69 Å². The molecule has 0 saturated heterocycles. The van der Waals surface area contributed by atoms with E-state index in [1.807, 2.05) is 20.8 Å². The predicted octanol–water partition coefficient (Wildman–Crippen LogP) is 1.69. The Hall–Kier alpha value is -2.79. The molecule has 0 bridgehead atoms. The van der Waals surface area contributed by atoms with Crippen LogP contribution in [0.2, 0.25) is 0 Å². The lowest BCUT2D eigenvalue weighted by Crippen LogP contribution is -2.38. The third-order valence-corrected chi connectivity index (χ3v) is 6.42. The van der Waals surface area contributed by atoms with Crippen LogP contribution < -0.4 is 16.8 Å². The van der Waals surface area contributed by atoms with E-state index in [0.717, 1.165) is 4.57 Å². The van der Waals surface area contributed by atoms with Crippen molar-refractivity contribution in [2.75, 3.05) is 0 Å². The van der Waals surface area contributed by atoms with E-state index in [4.69, 9.17) is 0 Å². The van der Waals surface area contributed by atoms with Crippen molar-refractivity contribution in [1.29, 1.82) is 0 Å². The monoisotopic (exact) mass is 444 g/mol. The molecule has 30 heavy (non-hydrogen) atoms. The zero-order valence-corrected chi connectivity index (χ0v) is 18.8. The first-order valence-corrected chi connectivity index (χ1v) is 11.0. The lowest BCUT2D eigenvalue weighted by molar-refractivity contribution is 0.539. The summed E-state index contributed by atoms with van der Waals surface area (Å²) in [6.45, 7) is 5.90. The van der Waals surface area contributed by atoms with E-state index < -0.39 is 11.2 Å². The molecule has 0 amide bonds. The maximum Gasteiger partial charge on any atom is 0.332 e. The number of thioether (sulfide) groups is 1. The fourth-order valence-electron chi connectivity index (χ4n) is 2.97. The molecule has 0 atom stereocenters. The van der Waals surface area contributed by atoms with Crippen molar-refractivity contribution >= 4 is 39.1 Å². The summed E-state index contributed by atoms with van der Waals surface area (Å²) in [5.41, 5.74) is -0.533. The second-order valence-corrected chi connectivity index (χ2v) is 9.77. The van der Waals surface area contributed by atoms with Gasteiger partial charge >= 0.3 is 5.69 Å². The lowest BCUT2D eigenvalue weighted by Gasteiger charge is -2.19. The summed E-state index contributed by atoms with van der Waals surface area (Å²) in [5, 5.41) is 2.55. The van der Waals surface area contributed by atoms with Gasteiger partial charge in [-0.3, -0.25) is 23.1 Å². The molecule has 9 nitrogen and oxygen atoms in total. The number of aromatic nitrogens is 6. The summed E-state index contributed by atoms with van der Waals surface area (Å²) in [7, 11) is 3.02. The summed E-state index contributed by atoms with van der Waals surface area (Å²) in [5.74, 6) is 0.883. The lowest BCUT2D eigenvalue weighted by atomic mass is 9.96. The van der Waals surface area contributed by atoms with Gasteiger partial charge in [0, 0.05) is 42.9 Å². The van der Waals surface area contributed by atoms with Crippen LogP contribution in [0.15, 0.2) is 37.1 Å². The van der Waals surface area contributed by atoms with E-state index in [2.05, 4.69) is 15.0 Å². The number of rotatable bonds is 3. The maximum absolute atomic E-state index is 12.9. The largest absolute Gasteiger partial charge is 0.332 e. The summed E-state index contributed by atoms with van der Waals surface area (Å²) in [6, 6.07) is 1.48. The highest BCUT2D eigenvalue weighted by atomic mass is 32.2. The van der Waals surface area contributed by atoms with Crippen molar-refractivity contribution in [2.45, 2.75) is 37.0 Å². The quantitative estimate of drug-likeness (QED) is 0.350. The van der Waals surface area contributed by atoms with Gasteiger partial charge in [-0.15, -0.1) is 11.3 Å². The van der Waals surface area contributed by atoms with Crippen molar-refractivity contribution in [2.24, 2.45) is 14.1 Å². The number of fused-ring (bicyclic) bond motifs is 2. The summed E-state index contributed by atoms with van der Waals surface area (Å²) < 4.78 is 3.90. The Labute approximate surface area is 179 Å².